The standard InChI is InChI=1S/C16H24N2O2/c1-4-14(20-15-8-6-5-7-13(15)2)16(19)18-11-9-17(3)10-12-18/h5-8,14H,4,9-12H2,1-3H3. The summed E-state index contributed by atoms with van der Waals surface area (Å²) >= 11 is 0. The number of carbonyl (C=O) groups excluding carboxylic acids is 1. The van der Waals surface area contributed by atoms with E-state index in [0.29, 0.717) is 6.42 Å². The van der Waals surface area contributed by atoms with Crippen molar-refractivity contribution in [2.24, 2.45) is 0 Å². The highest BCUT2D eigenvalue weighted by molar-refractivity contribution is 5.81. The van der Waals surface area contributed by atoms with Gasteiger partial charge in [0.15, 0.2) is 6.10 Å². The van der Waals surface area contributed by atoms with Gasteiger partial charge in [-0.05, 0) is 32.0 Å². The van der Waals surface area contributed by atoms with Gasteiger partial charge >= 0.3 is 0 Å². The summed E-state index contributed by atoms with van der Waals surface area (Å²) in [6.07, 6.45) is 0.318. The molecule has 1 atom stereocenters. The normalized spacial score (nSPS) is 17.9. The lowest BCUT2D eigenvalue weighted by atomic mass is 10.2. The molecular formula is C16H24N2O2. The first-order valence-electron chi connectivity index (χ1n) is 7.31. The number of carbonyl (C=O) groups is 1. The van der Waals surface area contributed by atoms with Crippen LogP contribution in [0.3, 0.4) is 0 Å². The van der Waals surface area contributed by atoms with Gasteiger partial charge in [0.05, 0.1) is 0 Å². The minimum Gasteiger partial charge on any atom is -0.480 e. The maximum Gasteiger partial charge on any atom is 0.263 e. The summed E-state index contributed by atoms with van der Waals surface area (Å²) in [4.78, 5) is 16.7. The third-order valence-electron chi connectivity index (χ3n) is 3.82. The lowest BCUT2D eigenvalue weighted by Crippen LogP contribution is -2.51. The molecule has 0 bridgehead atoms. The number of ether oxygens (including phenoxy) is 1. The molecule has 0 radical (unpaired) electrons. The third-order valence-corrected chi connectivity index (χ3v) is 3.82. The van der Waals surface area contributed by atoms with Crippen LogP contribution in [-0.2, 0) is 4.79 Å². The molecule has 1 aliphatic heterocycles. The average Bonchev–Trinajstić information content (AvgIpc) is 2.46. The number of para-hydroxylation sites is 1. The molecule has 0 N–H and O–H groups in total. The van der Waals surface area contributed by atoms with Crippen molar-refractivity contribution in [3.05, 3.63) is 29.8 Å². The fourth-order valence-corrected chi connectivity index (χ4v) is 2.38. The molecule has 4 heteroatoms. The van der Waals surface area contributed by atoms with E-state index in [-0.39, 0.29) is 12.0 Å². The Balaban J connectivity index is 2.01. The van der Waals surface area contributed by atoms with Crippen LogP contribution < -0.4 is 4.74 Å². The smallest absolute Gasteiger partial charge is 0.263 e. The number of benzene rings is 1. The number of nitrogens with zero attached hydrogens (tertiary/aromatic N) is 2. The molecule has 0 spiro atoms. The lowest BCUT2D eigenvalue weighted by molar-refractivity contribution is -0.140. The van der Waals surface area contributed by atoms with Crippen molar-refractivity contribution < 1.29 is 9.53 Å². The van der Waals surface area contributed by atoms with Gasteiger partial charge in [0.2, 0.25) is 0 Å². The van der Waals surface area contributed by atoms with E-state index in [0.717, 1.165) is 37.5 Å². The number of amides is 1. The van der Waals surface area contributed by atoms with Crippen molar-refractivity contribution >= 4 is 5.91 Å². The Morgan fingerprint density at radius 1 is 1.25 bits per heavy atom. The van der Waals surface area contributed by atoms with E-state index in [4.69, 9.17) is 4.74 Å². The molecule has 4 nitrogen and oxygen atoms in total. The molecule has 110 valence electrons. The topological polar surface area (TPSA) is 32.8 Å². The fourth-order valence-electron chi connectivity index (χ4n) is 2.38. The Morgan fingerprint density at radius 3 is 2.50 bits per heavy atom. The van der Waals surface area contributed by atoms with Gasteiger partial charge in [-0.2, -0.15) is 0 Å². The summed E-state index contributed by atoms with van der Waals surface area (Å²) in [5.74, 6) is 0.922. The zero-order valence-electron chi connectivity index (χ0n) is 12.6. The first kappa shape index (κ1) is 14.9. The van der Waals surface area contributed by atoms with E-state index < -0.39 is 0 Å². The second kappa shape index (κ2) is 6.75. The monoisotopic (exact) mass is 276 g/mol. The van der Waals surface area contributed by atoms with Crippen molar-refractivity contribution in [3.63, 3.8) is 0 Å². The van der Waals surface area contributed by atoms with Crippen LogP contribution in [0.2, 0.25) is 0 Å². The number of hydrogen-bond donors (Lipinski definition) is 0. The van der Waals surface area contributed by atoms with Gasteiger partial charge in [-0.3, -0.25) is 4.79 Å². The zero-order chi connectivity index (χ0) is 14.5. The Kier molecular flexibility index (Phi) is 5.01. The van der Waals surface area contributed by atoms with Gasteiger partial charge in [0, 0.05) is 26.2 Å². The largest absolute Gasteiger partial charge is 0.480 e. The van der Waals surface area contributed by atoms with Crippen LogP contribution in [0.1, 0.15) is 18.9 Å². The molecule has 0 aromatic heterocycles. The molecule has 1 amide bonds. The molecule has 1 unspecified atom stereocenters. The summed E-state index contributed by atoms with van der Waals surface area (Å²) in [5.41, 5.74) is 1.07. The minimum absolute atomic E-state index is 0.115. The third kappa shape index (κ3) is 3.51. The van der Waals surface area contributed by atoms with Crippen molar-refractivity contribution in [2.45, 2.75) is 26.4 Å². The highest BCUT2D eigenvalue weighted by Crippen LogP contribution is 2.20. The SMILES string of the molecule is CCC(Oc1ccccc1C)C(=O)N1CCN(C)CC1. The van der Waals surface area contributed by atoms with E-state index in [1.54, 1.807) is 0 Å². The van der Waals surface area contributed by atoms with Crippen LogP contribution in [0.25, 0.3) is 0 Å². The van der Waals surface area contributed by atoms with E-state index in [1.165, 1.54) is 0 Å². The van der Waals surface area contributed by atoms with Gasteiger partial charge in [0.1, 0.15) is 5.75 Å². The lowest BCUT2D eigenvalue weighted by Gasteiger charge is -2.34. The number of likely N-dealkylation sites (N-methyl/N-ethyl adjacent to an activating group) is 1. The predicted octanol–water partition coefficient (Wildman–Crippen LogP) is 1.93. The van der Waals surface area contributed by atoms with Crippen LogP contribution >= 0.6 is 0 Å². The molecule has 1 fully saturated rings. The molecule has 0 aliphatic carbocycles. The minimum atomic E-state index is -0.375. The zero-order valence-corrected chi connectivity index (χ0v) is 12.6. The van der Waals surface area contributed by atoms with Gasteiger partial charge in [-0.15, -0.1) is 0 Å². The maximum atomic E-state index is 12.5. The first-order valence-corrected chi connectivity index (χ1v) is 7.31. The van der Waals surface area contributed by atoms with Crippen molar-refractivity contribution in [2.75, 3.05) is 33.2 Å². The van der Waals surface area contributed by atoms with E-state index in [2.05, 4.69) is 11.9 Å². The summed E-state index contributed by atoms with van der Waals surface area (Å²) in [5, 5.41) is 0. The molecule has 2 rings (SSSR count). The van der Waals surface area contributed by atoms with E-state index >= 15 is 0 Å². The van der Waals surface area contributed by atoms with Gasteiger partial charge < -0.3 is 14.5 Å². The van der Waals surface area contributed by atoms with Crippen LogP contribution in [0, 0.1) is 6.92 Å². The number of rotatable bonds is 4. The van der Waals surface area contributed by atoms with Gasteiger partial charge in [-0.25, -0.2) is 0 Å². The van der Waals surface area contributed by atoms with Crippen LogP contribution in [0.15, 0.2) is 24.3 Å². The van der Waals surface area contributed by atoms with E-state index in [1.807, 2.05) is 43.0 Å². The fraction of sp³-hybridized carbons (Fsp3) is 0.562. The number of hydrogen-bond acceptors (Lipinski definition) is 3. The molecule has 1 aromatic carbocycles. The average molecular weight is 276 g/mol. The van der Waals surface area contributed by atoms with Crippen molar-refractivity contribution in [1.82, 2.24) is 9.80 Å². The second-order valence-electron chi connectivity index (χ2n) is 5.41. The maximum absolute atomic E-state index is 12.5. The summed E-state index contributed by atoms with van der Waals surface area (Å²) in [6, 6.07) is 7.85. The molecule has 0 saturated carbocycles. The predicted molar refractivity (Wildman–Crippen MR) is 80.0 cm³/mol. The molecule has 1 heterocycles. The van der Waals surface area contributed by atoms with Gasteiger partial charge in [0.25, 0.3) is 5.91 Å². The Hall–Kier alpha value is -1.55. The van der Waals surface area contributed by atoms with Crippen LogP contribution in [0.4, 0.5) is 0 Å². The second-order valence-corrected chi connectivity index (χ2v) is 5.41. The van der Waals surface area contributed by atoms with Crippen molar-refractivity contribution in [3.8, 4) is 5.75 Å². The van der Waals surface area contributed by atoms with Crippen LogP contribution in [0.5, 0.6) is 5.75 Å². The molecule has 1 aliphatic rings. The van der Waals surface area contributed by atoms with Gasteiger partial charge in [-0.1, -0.05) is 25.1 Å². The van der Waals surface area contributed by atoms with Crippen LogP contribution in [-0.4, -0.2) is 55.0 Å². The highest BCUT2D eigenvalue weighted by Gasteiger charge is 2.27. The molecular weight excluding hydrogens is 252 g/mol. The summed E-state index contributed by atoms with van der Waals surface area (Å²) < 4.78 is 5.93. The number of piperazine rings is 1. The quantitative estimate of drug-likeness (QED) is 0.842. The Morgan fingerprint density at radius 2 is 1.90 bits per heavy atom. The highest BCUT2D eigenvalue weighted by atomic mass is 16.5. The summed E-state index contributed by atoms with van der Waals surface area (Å²) in [7, 11) is 2.09. The number of aryl methyl sites for hydroxylation is 1. The molecule has 20 heavy (non-hydrogen) atoms. The van der Waals surface area contributed by atoms with E-state index in [9.17, 15) is 4.79 Å². The van der Waals surface area contributed by atoms with Crippen molar-refractivity contribution in [1.29, 1.82) is 0 Å². The first-order chi connectivity index (χ1) is 9.61. The molecule has 1 aromatic rings. The Bertz CT molecular complexity index is 454. The summed E-state index contributed by atoms with van der Waals surface area (Å²) in [6.45, 7) is 7.46. The Labute approximate surface area is 121 Å². The molecule has 1 saturated heterocycles.